The number of likely N-dealkylation sites (tertiary alicyclic amines) is 1. The molecule has 2 saturated carbocycles. The lowest BCUT2D eigenvalue weighted by Gasteiger charge is -2.53. The number of rotatable bonds is 4. The predicted molar refractivity (Wildman–Crippen MR) is 117 cm³/mol. The zero-order chi connectivity index (χ0) is 22.2. The second kappa shape index (κ2) is 7.32. The van der Waals surface area contributed by atoms with E-state index in [2.05, 4.69) is 39.6 Å². The molecule has 0 spiro atoms. The first kappa shape index (κ1) is 22.3. The molecule has 4 aliphatic rings. The molecule has 4 rings (SSSR count). The van der Waals surface area contributed by atoms with E-state index in [1.54, 1.807) is 6.92 Å². The lowest BCUT2D eigenvalue weighted by Crippen LogP contribution is -2.60. The van der Waals surface area contributed by atoms with E-state index in [9.17, 15) is 14.4 Å². The fourth-order valence-corrected chi connectivity index (χ4v) is 6.45. The SMILES string of the molecule is CC(I)C(=O)OC1C2CC3C1OC(=O)C3C2C(=O)OC1CC(C)(C)N(C)C(C)(C)C1. The quantitative estimate of drug-likeness (QED) is 0.238. The van der Waals surface area contributed by atoms with Crippen molar-refractivity contribution in [2.75, 3.05) is 7.05 Å². The zero-order valence-electron chi connectivity index (χ0n) is 18.5. The van der Waals surface area contributed by atoms with E-state index in [4.69, 9.17) is 14.2 Å². The molecule has 7 nitrogen and oxygen atoms in total. The number of alkyl halides is 1. The molecule has 7 atom stereocenters. The minimum atomic E-state index is -0.588. The zero-order valence-corrected chi connectivity index (χ0v) is 20.7. The van der Waals surface area contributed by atoms with Crippen LogP contribution in [0.2, 0.25) is 0 Å². The number of carbonyl (C=O) groups excluding carboxylic acids is 3. The Labute approximate surface area is 191 Å². The van der Waals surface area contributed by atoms with Gasteiger partial charge in [0.05, 0.1) is 11.8 Å². The summed E-state index contributed by atoms with van der Waals surface area (Å²) in [5, 5.41) is 0. The Morgan fingerprint density at radius 3 is 2.30 bits per heavy atom. The maximum Gasteiger partial charge on any atom is 0.319 e. The van der Waals surface area contributed by atoms with Gasteiger partial charge in [-0.1, -0.05) is 22.6 Å². The van der Waals surface area contributed by atoms with Gasteiger partial charge in [-0.2, -0.15) is 0 Å². The molecule has 4 fully saturated rings. The summed E-state index contributed by atoms with van der Waals surface area (Å²) >= 11 is 2.00. The van der Waals surface area contributed by atoms with Gasteiger partial charge in [-0.3, -0.25) is 19.3 Å². The highest BCUT2D eigenvalue weighted by Gasteiger charge is 2.70. The number of carbonyl (C=O) groups is 3. The van der Waals surface area contributed by atoms with E-state index >= 15 is 0 Å². The molecule has 2 saturated heterocycles. The van der Waals surface area contributed by atoms with Crippen molar-refractivity contribution >= 4 is 40.5 Å². The van der Waals surface area contributed by atoms with Crippen molar-refractivity contribution in [2.24, 2.45) is 23.7 Å². The Hall–Kier alpha value is -0.900. The Kier molecular flexibility index (Phi) is 5.44. The number of piperidine rings is 1. The average molecular weight is 533 g/mol. The van der Waals surface area contributed by atoms with Gasteiger partial charge in [0.15, 0.2) is 0 Å². The third-order valence-electron chi connectivity index (χ3n) is 7.95. The van der Waals surface area contributed by atoms with Crippen LogP contribution in [0.5, 0.6) is 0 Å². The van der Waals surface area contributed by atoms with Crippen LogP contribution in [0.3, 0.4) is 0 Å². The topological polar surface area (TPSA) is 82.1 Å². The van der Waals surface area contributed by atoms with Crippen molar-refractivity contribution in [1.29, 1.82) is 0 Å². The van der Waals surface area contributed by atoms with Crippen LogP contribution < -0.4 is 0 Å². The van der Waals surface area contributed by atoms with Crippen LogP contribution in [0.1, 0.15) is 53.9 Å². The molecular weight excluding hydrogens is 501 g/mol. The Balaban J connectivity index is 1.51. The molecule has 168 valence electrons. The molecule has 0 amide bonds. The van der Waals surface area contributed by atoms with Gasteiger partial charge in [0.2, 0.25) is 0 Å². The minimum absolute atomic E-state index is 0.0623. The summed E-state index contributed by atoms with van der Waals surface area (Å²) in [6.45, 7) is 10.4. The normalized spacial score (nSPS) is 40.2. The molecule has 0 N–H and O–H groups in total. The van der Waals surface area contributed by atoms with Crippen molar-refractivity contribution in [3.8, 4) is 0 Å². The maximum absolute atomic E-state index is 13.3. The first-order chi connectivity index (χ1) is 13.8. The molecule has 2 bridgehead atoms. The molecule has 2 aliphatic carbocycles. The van der Waals surface area contributed by atoms with Gasteiger partial charge < -0.3 is 14.2 Å². The monoisotopic (exact) mass is 533 g/mol. The smallest absolute Gasteiger partial charge is 0.319 e. The van der Waals surface area contributed by atoms with E-state index in [0.29, 0.717) is 6.42 Å². The van der Waals surface area contributed by atoms with Crippen LogP contribution in [0, 0.1) is 23.7 Å². The summed E-state index contributed by atoms with van der Waals surface area (Å²) in [6, 6.07) is 0. The van der Waals surface area contributed by atoms with Gasteiger partial charge in [-0.05, 0) is 48.1 Å². The second-order valence-corrected chi connectivity index (χ2v) is 12.6. The summed E-state index contributed by atoms with van der Waals surface area (Å²) in [6.07, 6.45) is 0.964. The van der Waals surface area contributed by atoms with E-state index in [1.807, 2.05) is 22.6 Å². The van der Waals surface area contributed by atoms with Crippen molar-refractivity contribution in [2.45, 2.75) is 87.2 Å². The number of hydrogen-bond acceptors (Lipinski definition) is 7. The van der Waals surface area contributed by atoms with Crippen LogP contribution in [-0.4, -0.2) is 63.2 Å². The summed E-state index contributed by atoms with van der Waals surface area (Å²) in [4.78, 5) is 40.4. The van der Waals surface area contributed by atoms with E-state index in [1.165, 1.54) is 0 Å². The third-order valence-corrected chi connectivity index (χ3v) is 8.46. The molecule has 7 unspecified atom stereocenters. The first-order valence-corrected chi connectivity index (χ1v) is 12.1. The van der Waals surface area contributed by atoms with Crippen LogP contribution in [-0.2, 0) is 28.6 Å². The predicted octanol–water partition coefficient (Wildman–Crippen LogP) is 2.72. The van der Waals surface area contributed by atoms with Gasteiger partial charge in [0.25, 0.3) is 0 Å². The minimum Gasteiger partial charge on any atom is -0.462 e. The molecule has 2 aliphatic heterocycles. The van der Waals surface area contributed by atoms with Gasteiger partial charge in [-0.25, -0.2) is 0 Å². The summed E-state index contributed by atoms with van der Waals surface area (Å²) in [7, 11) is 2.11. The van der Waals surface area contributed by atoms with Gasteiger partial charge in [0, 0.05) is 35.8 Å². The molecule has 0 aromatic heterocycles. The fraction of sp³-hybridized carbons (Fsp3) is 0.864. The summed E-state index contributed by atoms with van der Waals surface area (Å²) < 4.78 is 17.0. The molecule has 30 heavy (non-hydrogen) atoms. The summed E-state index contributed by atoms with van der Waals surface area (Å²) in [5.74, 6) is -2.35. The summed E-state index contributed by atoms with van der Waals surface area (Å²) in [5.41, 5.74) is -0.208. The van der Waals surface area contributed by atoms with Gasteiger partial charge >= 0.3 is 17.9 Å². The molecule has 8 heteroatoms. The molecule has 0 aromatic carbocycles. The van der Waals surface area contributed by atoms with Crippen molar-refractivity contribution in [1.82, 2.24) is 4.90 Å². The number of ether oxygens (including phenoxy) is 3. The third kappa shape index (κ3) is 3.45. The number of nitrogens with zero attached hydrogens (tertiary/aromatic N) is 1. The van der Waals surface area contributed by atoms with Crippen LogP contribution in [0.25, 0.3) is 0 Å². The standard InChI is InChI=1S/C22H32INO6/c1-10(23)18(25)29-16-12-7-13-15(20(27)30-17(13)16)14(12)19(26)28-11-8-21(2,3)24(6)22(4,5)9-11/h10-17H,7-9H2,1-6H3. The Morgan fingerprint density at radius 1 is 1.13 bits per heavy atom. The van der Waals surface area contributed by atoms with E-state index in [0.717, 1.165) is 12.8 Å². The molecule has 2 heterocycles. The maximum atomic E-state index is 13.3. The highest BCUT2D eigenvalue weighted by Crippen LogP contribution is 2.59. The number of esters is 3. The van der Waals surface area contributed by atoms with Crippen molar-refractivity contribution in [3.63, 3.8) is 0 Å². The van der Waals surface area contributed by atoms with Crippen LogP contribution in [0.15, 0.2) is 0 Å². The second-order valence-electron chi connectivity index (χ2n) is 10.7. The molecule has 0 aromatic rings. The highest BCUT2D eigenvalue weighted by atomic mass is 127. The van der Waals surface area contributed by atoms with Crippen molar-refractivity contribution < 1.29 is 28.6 Å². The lowest BCUT2D eigenvalue weighted by atomic mass is 9.77. The largest absolute Gasteiger partial charge is 0.462 e. The number of halogens is 1. The number of hydrogen-bond donors (Lipinski definition) is 0. The Bertz CT molecular complexity index is 747. The average Bonchev–Trinajstić information content (AvgIpc) is 3.22. The number of fused-ring (bicyclic) bond motifs is 1. The molecular formula is C22H32INO6. The van der Waals surface area contributed by atoms with Crippen molar-refractivity contribution in [3.05, 3.63) is 0 Å². The lowest BCUT2D eigenvalue weighted by molar-refractivity contribution is -0.173. The molecule has 0 radical (unpaired) electrons. The van der Waals surface area contributed by atoms with E-state index in [-0.39, 0.29) is 50.9 Å². The fourth-order valence-electron chi connectivity index (χ4n) is 6.30. The van der Waals surface area contributed by atoms with Crippen LogP contribution >= 0.6 is 22.6 Å². The van der Waals surface area contributed by atoms with Gasteiger partial charge in [-0.15, -0.1) is 0 Å². The van der Waals surface area contributed by atoms with E-state index < -0.39 is 24.0 Å². The Morgan fingerprint density at radius 2 is 1.73 bits per heavy atom. The first-order valence-electron chi connectivity index (χ1n) is 10.8. The van der Waals surface area contributed by atoms with Crippen LogP contribution in [0.4, 0.5) is 0 Å². The highest BCUT2D eigenvalue weighted by molar-refractivity contribution is 14.1. The van der Waals surface area contributed by atoms with Gasteiger partial charge in [0.1, 0.15) is 22.2 Å².